The van der Waals surface area contributed by atoms with Gasteiger partial charge in [-0.2, -0.15) is 0 Å². The van der Waals surface area contributed by atoms with Crippen LogP contribution in [0.2, 0.25) is 0 Å². The molecule has 0 saturated carbocycles. The summed E-state index contributed by atoms with van der Waals surface area (Å²) in [7, 11) is 4.48. The molecule has 0 bridgehead atoms. The van der Waals surface area contributed by atoms with Crippen LogP contribution in [0.25, 0.3) is 0 Å². The SMILES string of the molecule is CN1CCC(N2CCN(CC3CN(C)C3)CC2)CC1. The lowest BCUT2D eigenvalue weighted by molar-refractivity contribution is 0.0359. The molecular formula is C15H30N4. The number of nitrogens with zero attached hydrogens (tertiary/aromatic N) is 4. The van der Waals surface area contributed by atoms with Gasteiger partial charge in [-0.3, -0.25) is 4.90 Å². The first kappa shape index (κ1) is 13.8. The number of likely N-dealkylation sites (tertiary alicyclic amines) is 2. The summed E-state index contributed by atoms with van der Waals surface area (Å²) < 4.78 is 0. The fourth-order valence-electron chi connectivity index (χ4n) is 3.98. The highest BCUT2D eigenvalue weighted by molar-refractivity contribution is 4.85. The first-order valence-electron chi connectivity index (χ1n) is 8.04. The van der Waals surface area contributed by atoms with Crippen LogP contribution >= 0.6 is 0 Å². The summed E-state index contributed by atoms with van der Waals surface area (Å²) in [5.74, 6) is 0.944. The van der Waals surface area contributed by atoms with E-state index in [2.05, 4.69) is 33.7 Å². The molecule has 110 valence electrons. The van der Waals surface area contributed by atoms with Gasteiger partial charge in [0.05, 0.1) is 0 Å². The van der Waals surface area contributed by atoms with Gasteiger partial charge in [0.1, 0.15) is 0 Å². The molecular weight excluding hydrogens is 236 g/mol. The maximum Gasteiger partial charge on any atom is 0.0121 e. The van der Waals surface area contributed by atoms with Crippen LogP contribution in [0, 0.1) is 5.92 Å². The second kappa shape index (κ2) is 6.08. The van der Waals surface area contributed by atoms with Crippen molar-refractivity contribution in [1.29, 1.82) is 0 Å². The van der Waals surface area contributed by atoms with Crippen molar-refractivity contribution < 1.29 is 0 Å². The van der Waals surface area contributed by atoms with Gasteiger partial charge in [0.25, 0.3) is 0 Å². The quantitative estimate of drug-likeness (QED) is 0.726. The van der Waals surface area contributed by atoms with Gasteiger partial charge in [-0.15, -0.1) is 0 Å². The van der Waals surface area contributed by atoms with Gasteiger partial charge in [-0.05, 0) is 45.9 Å². The Bertz CT molecular complexity index is 274. The van der Waals surface area contributed by atoms with E-state index in [0.717, 1.165) is 12.0 Å². The zero-order valence-electron chi connectivity index (χ0n) is 12.7. The van der Waals surface area contributed by atoms with E-state index in [1.807, 2.05) is 0 Å². The maximum absolute atomic E-state index is 2.76. The summed E-state index contributed by atoms with van der Waals surface area (Å²) in [6, 6.07) is 0.869. The van der Waals surface area contributed by atoms with Crippen LogP contribution in [0.1, 0.15) is 12.8 Å². The molecule has 0 aromatic carbocycles. The maximum atomic E-state index is 2.76. The van der Waals surface area contributed by atoms with Crippen LogP contribution in [-0.2, 0) is 0 Å². The normalized spacial score (nSPS) is 30.6. The van der Waals surface area contributed by atoms with E-state index in [0.29, 0.717) is 0 Å². The van der Waals surface area contributed by atoms with Crippen LogP contribution in [0.5, 0.6) is 0 Å². The molecule has 0 N–H and O–H groups in total. The molecule has 0 spiro atoms. The lowest BCUT2D eigenvalue weighted by Crippen LogP contribution is -2.56. The molecule has 0 atom stereocenters. The fourth-order valence-corrected chi connectivity index (χ4v) is 3.98. The molecule has 3 aliphatic rings. The third kappa shape index (κ3) is 3.48. The van der Waals surface area contributed by atoms with Gasteiger partial charge in [-0.1, -0.05) is 0 Å². The molecule has 3 aliphatic heterocycles. The monoisotopic (exact) mass is 266 g/mol. The summed E-state index contributed by atoms with van der Waals surface area (Å²) in [5.41, 5.74) is 0. The van der Waals surface area contributed by atoms with E-state index >= 15 is 0 Å². The topological polar surface area (TPSA) is 13.0 Å². The van der Waals surface area contributed by atoms with Crippen LogP contribution in [0.15, 0.2) is 0 Å². The van der Waals surface area contributed by atoms with E-state index in [4.69, 9.17) is 0 Å². The Hall–Kier alpha value is -0.160. The Kier molecular flexibility index (Phi) is 4.42. The van der Waals surface area contributed by atoms with Crippen molar-refractivity contribution in [2.24, 2.45) is 5.92 Å². The fraction of sp³-hybridized carbons (Fsp3) is 1.00. The highest BCUT2D eigenvalue weighted by Gasteiger charge is 2.29. The summed E-state index contributed by atoms with van der Waals surface area (Å²) in [4.78, 5) is 10.4. The molecule has 0 amide bonds. The lowest BCUT2D eigenvalue weighted by atomic mass is 9.99. The zero-order chi connectivity index (χ0) is 13.2. The number of hydrogen-bond donors (Lipinski definition) is 0. The number of piperazine rings is 1. The predicted molar refractivity (Wildman–Crippen MR) is 79.5 cm³/mol. The number of hydrogen-bond acceptors (Lipinski definition) is 4. The summed E-state index contributed by atoms with van der Waals surface area (Å²) >= 11 is 0. The van der Waals surface area contributed by atoms with Crippen molar-refractivity contribution in [3.05, 3.63) is 0 Å². The third-order valence-electron chi connectivity index (χ3n) is 5.27. The van der Waals surface area contributed by atoms with Crippen molar-refractivity contribution in [1.82, 2.24) is 19.6 Å². The average Bonchev–Trinajstić information content (AvgIpc) is 2.39. The smallest absolute Gasteiger partial charge is 0.0121 e. The number of rotatable bonds is 3. The third-order valence-corrected chi connectivity index (χ3v) is 5.27. The lowest BCUT2D eigenvalue weighted by Gasteiger charge is -2.45. The standard InChI is InChI=1S/C15H30N4/c1-16-5-3-15(4-6-16)19-9-7-18(8-10-19)13-14-11-17(2)12-14/h14-15H,3-13H2,1-2H3. The highest BCUT2D eigenvalue weighted by Crippen LogP contribution is 2.19. The van der Waals surface area contributed by atoms with Crippen LogP contribution in [0.4, 0.5) is 0 Å². The molecule has 4 nitrogen and oxygen atoms in total. The zero-order valence-corrected chi connectivity index (χ0v) is 12.7. The molecule has 19 heavy (non-hydrogen) atoms. The molecule has 0 radical (unpaired) electrons. The molecule has 3 rings (SSSR count). The van der Waals surface area contributed by atoms with E-state index in [1.54, 1.807) is 0 Å². The van der Waals surface area contributed by atoms with E-state index < -0.39 is 0 Å². The molecule has 4 heteroatoms. The first-order chi connectivity index (χ1) is 9.20. The molecule has 0 aromatic heterocycles. The van der Waals surface area contributed by atoms with E-state index in [1.165, 1.54) is 71.7 Å². The van der Waals surface area contributed by atoms with Crippen molar-refractivity contribution in [3.63, 3.8) is 0 Å². The van der Waals surface area contributed by atoms with Gasteiger partial charge < -0.3 is 14.7 Å². The molecule has 0 aromatic rings. The number of piperidine rings is 1. The molecule has 0 unspecified atom stereocenters. The molecule has 0 aliphatic carbocycles. The molecule has 3 heterocycles. The van der Waals surface area contributed by atoms with E-state index in [9.17, 15) is 0 Å². The summed E-state index contributed by atoms with van der Waals surface area (Å²) in [5, 5.41) is 0. The Balaban J connectivity index is 1.37. The van der Waals surface area contributed by atoms with Gasteiger partial charge in [-0.25, -0.2) is 0 Å². The Morgan fingerprint density at radius 2 is 1.42 bits per heavy atom. The van der Waals surface area contributed by atoms with Crippen LogP contribution in [-0.4, -0.2) is 98.6 Å². The minimum Gasteiger partial charge on any atom is -0.306 e. The van der Waals surface area contributed by atoms with Crippen molar-refractivity contribution in [2.75, 3.05) is 73.0 Å². The largest absolute Gasteiger partial charge is 0.306 e. The van der Waals surface area contributed by atoms with Crippen molar-refractivity contribution in [3.8, 4) is 0 Å². The van der Waals surface area contributed by atoms with Gasteiger partial charge >= 0.3 is 0 Å². The minimum absolute atomic E-state index is 0.869. The average molecular weight is 266 g/mol. The molecule has 3 fully saturated rings. The van der Waals surface area contributed by atoms with Crippen LogP contribution < -0.4 is 0 Å². The predicted octanol–water partition coefficient (Wildman–Crippen LogP) is 0.260. The Labute approximate surface area is 118 Å². The minimum atomic E-state index is 0.869. The van der Waals surface area contributed by atoms with E-state index in [-0.39, 0.29) is 0 Å². The second-order valence-corrected chi connectivity index (χ2v) is 6.96. The molecule has 3 saturated heterocycles. The first-order valence-corrected chi connectivity index (χ1v) is 8.04. The van der Waals surface area contributed by atoms with Crippen molar-refractivity contribution >= 4 is 0 Å². The second-order valence-electron chi connectivity index (χ2n) is 6.96. The summed E-state index contributed by atoms with van der Waals surface area (Å²) in [6.45, 7) is 11.8. The Morgan fingerprint density at radius 3 is 2.00 bits per heavy atom. The van der Waals surface area contributed by atoms with Gasteiger partial charge in [0, 0.05) is 51.9 Å². The Morgan fingerprint density at radius 1 is 0.789 bits per heavy atom. The van der Waals surface area contributed by atoms with Gasteiger partial charge in [0.2, 0.25) is 0 Å². The van der Waals surface area contributed by atoms with Crippen molar-refractivity contribution in [2.45, 2.75) is 18.9 Å². The summed E-state index contributed by atoms with van der Waals surface area (Å²) in [6.07, 6.45) is 2.76. The highest BCUT2D eigenvalue weighted by atomic mass is 15.3. The van der Waals surface area contributed by atoms with Gasteiger partial charge in [0.15, 0.2) is 0 Å². The van der Waals surface area contributed by atoms with Crippen LogP contribution in [0.3, 0.4) is 0 Å².